The molecule has 1 saturated heterocycles. The van der Waals surface area contributed by atoms with Crippen LogP contribution in [0.5, 0.6) is 0 Å². The number of aromatic amines is 1. The molecule has 5 rings (SSSR count). The predicted octanol–water partition coefficient (Wildman–Crippen LogP) is 5.29. The van der Waals surface area contributed by atoms with Crippen molar-refractivity contribution in [3.8, 4) is 0 Å². The number of likely N-dealkylation sites (N-methyl/N-ethyl adjacent to an activating group) is 1. The number of aromatic nitrogens is 2. The van der Waals surface area contributed by atoms with Gasteiger partial charge in [0.2, 0.25) is 0 Å². The summed E-state index contributed by atoms with van der Waals surface area (Å²) < 4.78 is 46.0. The number of carbonyl (C=O) groups is 2. The van der Waals surface area contributed by atoms with Crippen molar-refractivity contribution in [2.45, 2.75) is 26.2 Å². The number of H-pyrrole nitrogens is 1. The molecule has 0 saturated carbocycles. The molecule has 4 aromatic rings. The summed E-state index contributed by atoms with van der Waals surface area (Å²) in [7, 11) is 3.32. The first-order chi connectivity index (χ1) is 20.5. The highest BCUT2D eigenvalue weighted by atomic mass is 19.4. The third-order valence-corrected chi connectivity index (χ3v) is 7.55. The normalized spacial score (nSPS) is 14.6. The van der Waals surface area contributed by atoms with Crippen molar-refractivity contribution in [1.29, 1.82) is 0 Å². The second kappa shape index (κ2) is 12.4. The van der Waals surface area contributed by atoms with Crippen molar-refractivity contribution in [3.05, 3.63) is 88.2 Å². The third-order valence-electron chi connectivity index (χ3n) is 7.55. The molecule has 1 aliphatic rings. The van der Waals surface area contributed by atoms with Crippen LogP contribution < -0.4 is 10.6 Å². The average molecular weight is 595 g/mol. The highest BCUT2D eigenvalue weighted by Crippen LogP contribution is 2.31. The second-order valence-corrected chi connectivity index (χ2v) is 10.8. The molecule has 0 radical (unpaired) electrons. The maximum Gasteiger partial charge on any atom is 0.416 e. The SMILES string of the molecule is COC(=O)c1cc2cc(NCc3cc(NC(=O)c4cc(CN5CCN(C)CC5)cc(C(F)(F)F)c4)ccc3C)cnc2[nH]1. The fourth-order valence-corrected chi connectivity index (χ4v) is 5.01. The number of hydrogen-bond acceptors (Lipinski definition) is 7. The Hall–Kier alpha value is -4.42. The number of fused-ring (bicyclic) bond motifs is 1. The Balaban J connectivity index is 1.30. The summed E-state index contributed by atoms with van der Waals surface area (Å²) in [6.45, 7) is 5.84. The number of piperazine rings is 1. The molecule has 2 aromatic carbocycles. The van der Waals surface area contributed by atoms with Crippen LogP contribution in [-0.4, -0.2) is 72.0 Å². The molecular formula is C31H33F3N6O3. The number of alkyl halides is 3. The minimum absolute atomic E-state index is 0.0450. The van der Waals surface area contributed by atoms with Crippen LogP contribution in [0.25, 0.3) is 11.0 Å². The summed E-state index contributed by atoms with van der Waals surface area (Å²) >= 11 is 0. The van der Waals surface area contributed by atoms with E-state index in [2.05, 4.69) is 30.4 Å². The van der Waals surface area contributed by atoms with E-state index in [1.165, 1.54) is 13.2 Å². The number of ether oxygens (including phenoxy) is 1. The van der Waals surface area contributed by atoms with Crippen LogP contribution in [0.4, 0.5) is 24.5 Å². The summed E-state index contributed by atoms with van der Waals surface area (Å²) in [6.07, 6.45) is -2.94. The first-order valence-electron chi connectivity index (χ1n) is 13.8. The molecule has 9 nitrogen and oxygen atoms in total. The lowest BCUT2D eigenvalue weighted by atomic mass is 10.0. The van der Waals surface area contributed by atoms with Crippen LogP contribution in [0.1, 0.15) is 43.1 Å². The zero-order chi connectivity index (χ0) is 30.7. The molecule has 12 heteroatoms. The molecule has 43 heavy (non-hydrogen) atoms. The minimum Gasteiger partial charge on any atom is -0.464 e. The van der Waals surface area contributed by atoms with Crippen LogP contribution in [0, 0.1) is 6.92 Å². The first-order valence-corrected chi connectivity index (χ1v) is 13.8. The van der Waals surface area contributed by atoms with Crippen LogP contribution in [-0.2, 0) is 24.0 Å². The van der Waals surface area contributed by atoms with Crippen LogP contribution in [0.2, 0.25) is 0 Å². The van der Waals surface area contributed by atoms with E-state index in [4.69, 9.17) is 4.74 Å². The first kappa shape index (κ1) is 30.1. The second-order valence-electron chi connectivity index (χ2n) is 10.8. The van der Waals surface area contributed by atoms with Gasteiger partial charge in [-0.3, -0.25) is 9.69 Å². The van der Waals surface area contributed by atoms with E-state index < -0.39 is 23.6 Å². The van der Waals surface area contributed by atoms with Crippen molar-refractivity contribution < 1.29 is 27.5 Å². The Morgan fingerprint density at radius 3 is 2.51 bits per heavy atom. The quantitative estimate of drug-likeness (QED) is 0.238. The highest BCUT2D eigenvalue weighted by molar-refractivity contribution is 6.04. The van der Waals surface area contributed by atoms with Gasteiger partial charge in [0.25, 0.3) is 5.91 Å². The van der Waals surface area contributed by atoms with Gasteiger partial charge in [0, 0.05) is 55.9 Å². The Bertz CT molecular complexity index is 1640. The van der Waals surface area contributed by atoms with E-state index in [9.17, 15) is 22.8 Å². The molecular weight excluding hydrogens is 561 g/mol. The molecule has 0 spiro atoms. The van der Waals surface area contributed by atoms with Gasteiger partial charge in [0.05, 0.1) is 24.6 Å². The van der Waals surface area contributed by atoms with E-state index in [1.54, 1.807) is 24.4 Å². The Kier molecular flexibility index (Phi) is 8.69. The summed E-state index contributed by atoms with van der Waals surface area (Å²) in [5.74, 6) is -1.10. The lowest BCUT2D eigenvalue weighted by Gasteiger charge is -2.32. The molecule has 1 aliphatic heterocycles. The van der Waals surface area contributed by atoms with E-state index in [0.717, 1.165) is 54.8 Å². The van der Waals surface area contributed by atoms with Crippen molar-refractivity contribution in [1.82, 2.24) is 19.8 Å². The number of carbonyl (C=O) groups excluding carboxylic acids is 2. The molecule has 0 atom stereocenters. The van der Waals surface area contributed by atoms with E-state index in [0.29, 0.717) is 41.4 Å². The number of nitrogens with one attached hydrogen (secondary N) is 3. The Morgan fingerprint density at radius 2 is 1.79 bits per heavy atom. The molecule has 226 valence electrons. The number of nitrogens with zero attached hydrogens (tertiary/aromatic N) is 3. The van der Waals surface area contributed by atoms with Crippen molar-refractivity contribution in [3.63, 3.8) is 0 Å². The molecule has 3 heterocycles. The van der Waals surface area contributed by atoms with Gasteiger partial charge < -0.3 is 25.3 Å². The van der Waals surface area contributed by atoms with Gasteiger partial charge in [-0.05, 0) is 73.1 Å². The molecule has 1 fully saturated rings. The number of benzene rings is 2. The van der Waals surface area contributed by atoms with Crippen LogP contribution >= 0.6 is 0 Å². The topological polar surface area (TPSA) is 103 Å². The van der Waals surface area contributed by atoms with E-state index >= 15 is 0 Å². The zero-order valence-corrected chi connectivity index (χ0v) is 24.1. The Morgan fingerprint density at radius 1 is 1.02 bits per heavy atom. The number of anilines is 2. The smallest absolute Gasteiger partial charge is 0.416 e. The lowest BCUT2D eigenvalue weighted by molar-refractivity contribution is -0.137. The molecule has 0 unspecified atom stereocenters. The number of amides is 1. The van der Waals surface area contributed by atoms with Gasteiger partial charge in [-0.1, -0.05) is 6.07 Å². The van der Waals surface area contributed by atoms with E-state index in [-0.39, 0.29) is 5.56 Å². The molecule has 1 amide bonds. The third kappa shape index (κ3) is 7.33. The lowest BCUT2D eigenvalue weighted by Crippen LogP contribution is -2.43. The van der Waals surface area contributed by atoms with Crippen LogP contribution in [0.15, 0.2) is 54.7 Å². The van der Waals surface area contributed by atoms with E-state index in [1.807, 2.05) is 26.1 Å². The molecule has 0 bridgehead atoms. The average Bonchev–Trinajstić information content (AvgIpc) is 3.41. The zero-order valence-electron chi connectivity index (χ0n) is 24.1. The highest BCUT2D eigenvalue weighted by Gasteiger charge is 2.32. The maximum atomic E-state index is 13.7. The van der Waals surface area contributed by atoms with Crippen molar-refractivity contribution in [2.24, 2.45) is 0 Å². The number of pyridine rings is 1. The molecule has 0 aliphatic carbocycles. The number of halogens is 3. The number of aryl methyl sites for hydroxylation is 1. The Labute approximate surface area is 247 Å². The number of methoxy groups -OCH3 is 1. The molecule has 3 N–H and O–H groups in total. The number of esters is 1. The summed E-state index contributed by atoms with van der Waals surface area (Å²) in [5.41, 5.74) is 3.43. The van der Waals surface area contributed by atoms with Crippen molar-refractivity contribution in [2.75, 3.05) is 51.0 Å². The van der Waals surface area contributed by atoms with Gasteiger partial charge in [-0.15, -0.1) is 0 Å². The van der Waals surface area contributed by atoms with Gasteiger partial charge in [-0.2, -0.15) is 13.2 Å². The van der Waals surface area contributed by atoms with Crippen molar-refractivity contribution >= 4 is 34.3 Å². The fraction of sp³-hybridized carbons (Fsp3) is 0.323. The van der Waals surface area contributed by atoms with Gasteiger partial charge in [0.15, 0.2) is 0 Å². The number of rotatable bonds is 8. The summed E-state index contributed by atoms with van der Waals surface area (Å²) in [6, 6.07) is 12.4. The minimum atomic E-state index is -4.57. The fourth-order valence-electron chi connectivity index (χ4n) is 5.01. The summed E-state index contributed by atoms with van der Waals surface area (Å²) in [5, 5.41) is 6.79. The van der Waals surface area contributed by atoms with Gasteiger partial charge >= 0.3 is 12.1 Å². The van der Waals surface area contributed by atoms with Gasteiger partial charge in [0.1, 0.15) is 11.3 Å². The predicted molar refractivity (Wildman–Crippen MR) is 158 cm³/mol. The largest absolute Gasteiger partial charge is 0.464 e. The molecule has 2 aromatic heterocycles. The maximum absolute atomic E-state index is 13.7. The van der Waals surface area contributed by atoms with Gasteiger partial charge in [-0.25, -0.2) is 9.78 Å². The number of hydrogen-bond donors (Lipinski definition) is 3. The standard InChI is InChI=1S/C31H33F3N6O3/c1-19-4-5-25(14-23(19)16-35-26-13-21-15-27(30(42)43-3)38-28(21)36-17-26)37-29(41)22-10-20(11-24(12-22)31(32,33)34)18-40-8-6-39(2)7-9-40/h4-5,10-15,17,35H,6-9,16,18H2,1-3H3,(H,36,38)(H,37,41). The summed E-state index contributed by atoms with van der Waals surface area (Å²) in [4.78, 5) is 36.5. The van der Waals surface area contributed by atoms with Crippen LogP contribution in [0.3, 0.4) is 0 Å². The monoisotopic (exact) mass is 594 g/mol.